The molecule has 0 unspecified atom stereocenters. The van der Waals surface area contributed by atoms with Crippen LogP contribution in [-0.4, -0.2) is 11.1 Å². The maximum Gasteiger partial charge on any atom is 0.330 e. The van der Waals surface area contributed by atoms with Crippen molar-refractivity contribution in [2.45, 2.75) is 44.9 Å². The number of allylic oxidation sites excluding steroid dienone is 4. The van der Waals surface area contributed by atoms with Gasteiger partial charge in [0.2, 0.25) is 0 Å². The SMILES string of the molecule is C=C(CC(C1=CCCC1)C1=CCCC1)C(=O)O. The van der Waals surface area contributed by atoms with E-state index in [1.54, 1.807) is 0 Å². The third-order valence-electron chi connectivity index (χ3n) is 3.80. The van der Waals surface area contributed by atoms with E-state index in [0.29, 0.717) is 17.9 Å². The Hall–Kier alpha value is -1.31. The number of hydrogen-bond donors (Lipinski definition) is 1. The molecule has 0 bridgehead atoms. The lowest BCUT2D eigenvalue weighted by molar-refractivity contribution is -0.132. The molecule has 0 saturated carbocycles. The fraction of sp³-hybridized carbons (Fsp3) is 0.533. The Morgan fingerprint density at radius 2 is 1.76 bits per heavy atom. The highest BCUT2D eigenvalue weighted by atomic mass is 16.4. The molecule has 0 heterocycles. The van der Waals surface area contributed by atoms with Crippen LogP contribution >= 0.6 is 0 Å². The third-order valence-corrected chi connectivity index (χ3v) is 3.80. The molecule has 2 rings (SSSR count). The number of carboxylic acid groups (broad SMARTS) is 1. The van der Waals surface area contributed by atoms with E-state index in [1.165, 1.54) is 24.0 Å². The number of carboxylic acids is 1. The highest BCUT2D eigenvalue weighted by Gasteiger charge is 2.24. The molecule has 2 aliphatic rings. The minimum absolute atomic E-state index is 0.323. The van der Waals surface area contributed by atoms with Crippen molar-refractivity contribution >= 4 is 5.97 Å². The van der Waals surface area contributed by atoms with Crippen LogP contribution in [0.1, 0.15) is 44.9 Å². The molecule has 0 atom stereocenters. The molecule has 0 saturated heterocycles. The maximum atomic E-state index is 10.9. The Balaban J connectivity index is 2.12. The summed E-state index contributed by atoms with van der Waals surface area (Å²) >= 11 is 0. The first-order valence-corrected chi connectivity index (χ1v) is 6.47. The largest absolute Gasteiger partial charge is 0.478 e. The van der Waals surface area contributed by atoms with Crippen molar-refractivity contribution in [1.82, 2.24) is 0 Å². The molecule has 0 radical (unpaired) electrons. The van der Waals surface area contributed by atoms with Crippen molar-refractivity contribution in [3.05, 3.63) is 35.5 Å². The van der Waals surface area contributed by atoms with Crippen LogP contribution in [0, 0.1) is 5.92 Å². The zero-order valence-corrected chi connectivity index (χ0v) is 10.2. The normalized spacial score (nSPS) is 19.4. The summed E-state index contributed by atoms with van der Waals surface area (Å²) < 4.78 is 0. The Kier molecular flexibility index (Phi) is 3.82. The highest BCUT2D eigenvalue weighted by Crippen LogP contribution is 2.38. The van der Waals surface area contributed by atoms with Crippen LogP contribution in [0.25, 0.3) is 0 Å². The second-order valence-corrected chi connectivity index (χ2v) is 5.01. The van der Waals surface area contributed by atoms with Gasteiger partial charge in [0.25, 0.3) is 0 Å². The van der Waals surface area contributed by atoms with Gasteiger partial charge >= 0.3 is 5.97 Å². The van der Waals surface area contributed by atoms with Gasteiger partial charge in [-0.1, -0.05) is 29.9 Å². The van der Waals surface area contributed by atoms with E-state index >= 15 is 0 Å². The molecule has 92 valence electrons. The summed E-state index contributed by atoms with van der Waals surface area (Å²) in [5, 5.41) is 8.98. The average Bonchev–Trinajstić information content (AvgIpc) is 2.98. The summed E-state index contributed by atoms with van der Waals surface area (Å²) in [5.41, 5.74) is 3.23. The first-order chi connectivity index (χ1) is 8.18. The summed E-state index contributed by atoms with van der Waals surface area (Å²) in [5.74, 6) is -0.532. The van der Waals surface area contributed by atoms with Crippen LogP contribution in [0.4, 0.5) is 0 Å². The predicted molar refractivity (Wildman–Crippen MR) is 68.8 cm³/mol. The summed E-state index contributed by atoms with van der Waals surface area (Å²) in [6, 6.07) is 0. The first kappa shape index (κ1) is 12.2. The smallest absolute Gasteiger partial charge is 0.330 e. The molecule has 0 spiro atoms. The maximum absolute atomic E-state index is 10.9. The Morgan fingerprint density at radius 1 is 1.24 bits per heavy atom. The van der Waals surface area contributed by atoms with Crippen LogP contribution in [0.5, 0.6) is 0 Å². The molecule has 0 amide bonds. The summed E-state index contributed by atoms with van der Waals surface area (Å²) in [6.07, 6.45) is 12.2. The molecule has 17 heavy (non-hydrogen) atoms. The van der Waals surface area contributed by atoms with Crippen molar-refractivity contribution in [3.8, 4) is 0 Å². The molecule has 0 fully saturated rings. The van der Waals surface area contributed by atoms with Gasteiger partial charge in [-0.3, -0.25) is 0 Å². The Morgan fingerprint density at radius 3 is 2.12 bits per heavy atom. The molecular weight excluding hydrogens is 212 g/mol. The van der Waals surface area contributed by atoms with E-state index in [-0.39, 0.29) is 0 Å². The predicted octanol–water partition coefficient (Wildman–Crippen LogP) is 3.85. The number of rotatable bonds is 5. The summed E-state index contributed by atoms with van der Waals surface area (Å²) in [7, 11) is 0. The van der Waals surface area contributed by atoms with Gasteiger partial charge in [-0.25, -0.2) is 4.79 Å². The Bertz CT molecular complexity index is 364. The monoisotopic (exact) mass is 232 g/mol. The molecule has 0 aromatic carbocycles. The molecule has 0 aliphatic heterocycles. The minimum atomic E-state index is -0.854. The number of aliphatic carboxylic acids is 1. The molecule has 2 nitrogen and oxygen atoms in total. The lowest BCUT2D eigenvalue weighted by Crippen LogP contribution is -2.11. The van der Waals surface area contributed by atoms with Crippen molar-refractivity contribution in [2.75, 3.05) is 0 Å². The average molecular weight is 232 g/mol. The van der Waals surface area contributed by atoms with E-state index in [1.807, 2.05) is 0 Å². The zero-order valence-electron chi connectivity index (χ0n) is 10.2. The minimum Gasteiger partial charge on any atom is -0.478 e. The van der Waals surface area contributed by atoms with Crippen LogP contribution in [0.2, 0.25) is 0 Å². The standard InChI is InChI=1S/C15H20O2/c1-11(15(16)17)10-14(12-6-2-3-7-12)13-8-4-5-9-13/h6,8,14H,1-5,7,9-10H2,(H,16,17). The first-order valence-electron chi connectivity index (χ1n) is 6.47. The van der Waals surface area contributed by atoms with Crippen molar-refractivity contribution in [3.63, 3.8) is 0 Å². The van der Waals surface area contributed by atoms with Crippen LogP contribution in [-0.2, 0) is 4.79 Å². The van der Waals surface area contributed by atoms with Crippen molar-refractivity contribution < 1.29 is 9.90 Å². The zero-order chi connectivity index (χ0) is 12.3. The van der Waals surface area contributed by atoms with Gasteiger partial charge < -0.3 is 5.11 Å². The number of carbonyl (C=O) groups is 1. The van der Waals surface area contributed by atoms with Crippen LogP contribution < -0.4 is 0 Å². The molecule has 0 aromatic rings. The molecule has 2 aliphatic carbocycles. The Labute approximate surface area is 103 Å². The quantitative estimate of drug-likeness (QED) is 0.577. The van der Waals surface area contributed by atoms with E-state index in [0.717, 1.165) is 25.7 Å². The van der Waals surface area contributed by atoms with E-state index in [9.17, 15) is 4.79 Å². The molecule has 1 N–H and O–H groups in total. The second kappa shape index (κ2) is 5.35. The van der Waals surface area contributed by atoms with E-state index in [4.69, 9.17) is 5.11 Å². The third kappa shape index (κ3) is 2.87. The van der Waals surface area contributed by atoms with Gasteiger partial charge in [0, 0.05) is 11.5 Å². The van der Waals surface area contributed by atoms with Gasteiger partial charge in [-0.05, 0) is 44.9 Å². The van der Waals surface area contributed by atoms with Crippen LogP contribution in [0.3, 0.4) is 0 Å². The van der Waals surface area contributed by atoms with Gasteiger partial charge in [0.15, 0.2) is 0 Å². The topological polar surface area (TPSA) is 37.3 Å². The summed E-state index contributed by atoms with van der Waals surface area (Å²) in [4.78, 5) is 10.9. The van der Waals surface area contributed by atoms with Crippen LogP contribution in [0.15, 0.2) is 35.5 Å². The second-order valence-electron chi connectivity index (χ2n) is 5.01. The molecule has 0 aromatic heterocycles. The highest BCUT2D eigenvalue weighted by molar-refractivity contribution is 5.85. The van der Waals surface area contributed by atoms with E-state index < -0.39 is 5.97 Å². The fourth-order valence-corrected chi connectivity index (χ4v) is 2.86. The van der Waals surface area contributed by atoms with Crippen molar-refractivity contribution in [2.24, 2.45) is 5.92 Å². The van der Waals surface area contributed by atoms with Gasteiger partial charge in [0.1, 0.15) is 0 Å². The lowest BCUT2D eigenvalue weighted by atomic mass is 9.84. The molecular formula is C15H20O2. The van der Waals surface area contributed by atoms with E-state index in [2.05, 4.69) is 18.7 Å². The van der Waals surface area contributed by atoms with Gasteiger partial charge in [0.05, 0.1) is 0 Å². The summed E-state index contributed by atoms with van der Waals surface area (Å²) in [6.45, 7) is 3.68. The molecule has 2 heteroatoms. The fourth-order valence-electron chi connectivity index (χ4n) is 2.86. The lowest BCUT2D eigenvalue weighted by Gasteiger charge is -2.20. The number of hydrogen-bond acceptors (Lipinski definition) is 1. The van der Waals surface area contributed by atoms with Crippen molar-refractivity contribution in [1.29, 1.82) is 0 Å². The van der Waals surface area contributed by atoms with Gasteiger partial charge in [-0.15, -0.1) is 0 Å². The van der Waals surface area contributed by atoms with Gasteiger partial charge in [-0.2, -0.15) is 0 Å².